The molecule has 0 unspecified atom stereocenters. The Morgan fingerprint density at radius 3 is 1.62 bits per heavy atom. The van der Waals surface area contributed by atoms with Crippen LogP contribution in [0.1, 0.15) is 41.4 Å². The predicted octanol–water partition coefficient (Wildman–Crippen LogP) is 5.12. The van der Waals surface area contributed by atoms with E-state index in [-0.39, 0.29) is 22.3 Å². The maximum Gasteiger partial charge on any atom is 0.338 e. The Bertz CT molecular complexity index is 2110. The van der Waals surface area contributed by atoms with Gasteiger partial charge in [-0.15, -0.1) is 0 Å². The molecule has 47 heavy (non-hydrogen) atoms. The number of nitro benzene ring substituents is 2. The van der Waals surface area contributed by atoms with E-state index in [1.54, 1.807) is 42.5 Å². The number of aromatic nitrogens is 2. The Morgan fingerprint density at radius 1 is 0.660 bits per heavy atom. The Morgan fingerprint density at radius 2 is 1.13 bits per heavy atom. The second-order valence-corrected chi connectivity index (χ2v) is 9.84. The fourth-order valence-corrected chi connectivity index (χ4v) is 4.51. The molecule has 0 fully saturated rings. The first kappa shape index (κ1) is 31.5. The number of rotatable bonds is 9. The molecule has 16 nitrogen and oxygen atoms in total. The zero-order valence-electron chi connectivity index (χ0n) is 24.4. The number of anilines is 2. The van der Waals surface area contributed by atoms with Crippen molar-refractivity contribution in [2.75, 3.05) is 24.9 Å². The van der Waals surface area contributed by atoms with E-state index in [0.29, 0.717) is 33.8 Å². The van der Waals surface area contributed by atoms with E-state index < -0.39 is 45.0 Å². The quantitative estimate of drug-likeness (QED) is 0.109. The summed E-state index contributed by atoms with van der Waals surface area (Å²) < 4.78 is 9.23. The van der Waals surface area contributed by atoms with E-state index in [9.17, 15) is 39.4 Å². The van der Waals surface area contributed by atoms with Crippen LogP contribution in [0, 0.1) is 20.2 Å². The molecule has 236 valence electrons. The SMILES string of the molecule is COC(=O)c1cc(C(=O)Nc2ccc(-c3nc4cc(NC(=O)c5cc(C(=O)OC)cc([N+](=O)[O-])c5)ccc4[nH]3)cc2)cc([N+](=O)[O-])c1. The molecule has 1 aromatic heterocycles. The van der Waals surface area contributed by atoms with Crippen molar-refractivity contribution in [1.82, 2.24) is 9.97 Å². The molecule has 3 N–H and O–H groups in total. The molecule has 4 aromatic carbocycles. The van der Waals surface area contributed by atoms with E-state index >= 15 is 0 Å². The minimum absolute atomic E-state index is 0.113. The van der Waals surface area contributed by atoms with Crippen LogP contribution in [0.15, 0.2) is 78.9 Å². The third-order valence-corrected chi connectivity index (χ3v) is 6.78. The summed E-state index contributed by atoms with van der Waals surface area (Å²) in [6, 6.07) is 17.9. The molecule has 0 radical (unpaired) electrons. The first-order valence-corrected chi connectivity index (χ1v) is 13.4. The number of aromatic amines is 1. The molecule has 0 aliphatic carbocycles. The second kappa shape index (κ2) is 12.9. The molecule has 0 saturated carbocycles. The van der Waals surface area contributed by atoms with E-state index in [0.717, 1.165) is 38.5 Å². The molecule has 0 bridgehead atoms. The molecule has 2 amide bonds. The number of fused-ring (bicyclic) bond motifs is 1. The second-order valence-electron chi connectivity index (χ2n) is 9.84. The summed E-state index contributed by atoms with van der Waals surface area (Å²) in [5, 5.41) is 27.9. The van der Waals surface area contributed by atoms with Crippen molar-refractivity contribution in [2.45, 2.75) is 0 Å². The minimum Gasteiger partial charge on any atom is -0.465 e. The van der Waals surface area contributed by atoms with Gasteiger partial charge in [0, 0.05) is 52.3 Å². The zero-order chi connectivity index (χ0) is 33.8. The lowest BCUT2D eigenvalue weighted by molar-refractivity contribution is -0.385. The first-order chi connectivity index (χ1) is 22.4. The molecule has 0 aliphatic heterocycles. The van der Waals surface area contributed by atoms with Gasteiger partial charge in [0.05, 0.1) is 46.2 Å². The minimum atomic E-state index is -0.833. The summed E-state index contributed by atoms with van der Waals surface area (Å²) in [6.45, 7) is 0. The molecule has 0 atom stereocenters. The summed E-state index contributed by atoms with van der Waals surface area (Å²) in [7, 11) is 2.24. The summed E-state index contributed by atoms with van der Waals surface area (Å²) in [4.78, 5) is 78.5. The van der Waals surface area contributed by atoms with E-state index in [1.807, 2.05) is 0 Å². The number of H-pyrrole nitrogens is 1. The summed E-state index contributed by atoms with van der Waals surface area (Å²) >= 11 is 0. The van der Waals surface area contributed by atoms with Crippen LogP contribution < -0.4 is 10.6 Å². The van der Waals surface area contributed by atoms with Gasteiger partial charge in [0.1, 0.15) is 5.82 Å². The zero-order valence-corrected chi connectivity index (χ0v) is 24.4. The molecule has 5 aromatic rings. The number of hydrogen-bond acceptors (Lipinski definition) is 11. The van der Waals surface area contributed by atoms with Gasteiger partial charge in [-0.1, -0.05) is 0 Å². The maximum absolute atomic E-state index is 12.9. The molecule has 0 aliphatic rings. The number of esters is 2. The van der Waals surface area contributed by atoms with Crippen LogP contribution in [-0.4, -0.2) is 57.8 Å². The van der Waals surface area contributed by atoms with E-state index in [1.165, 1.54) is 12.1 Å². The van der Waals surface area contributed by atoms with Crippen LogP contribution >= 0.6 is 0 Å². The third kappa shape index (κ3) is 6.91. The van der Waals surface area contributed by atoms with Gasteiger partial charge >= 0.3 is 11.9 Å². The van der Waals surface area contributed by atoms with Gasteiger partial charge in [-0.2, -0.15) is 0 Å². The summed E-state index contributed by atoms with van der Waals surface area (Å²) in [5.41, 5.74) is 1.02. The van der Waals surface area contributed by atoms with Crippen molar-refractivity contribution in [2.24, 2.45) is 0 Å². The number of carbonyl (C=O) groups is 4. The van der Waals surface area contributed by atoms with Crippen molar-refractivity contribution in [1.29, 1.82) is 0 Å². The van der Waals surface area contributed by atoms with E-state index in [4.69, 9.17) is 0 Å². The number of benzene rings is 4. The molecule has 0 saturated heterocycles. The van der Waals surface area contributed by atoms with Crippen molar-refractivity contribution in [3.63, 3.8) is 0 Å². The van der Waals surface area contributed by atoms with Gasteiger partial charge in [0.15, 0.2) is 0 Å². The topological polar surface area (TPSA) is 226 Å². The predicted molar refractivity (Wildman–Crippen MR) is 166 cm³/mol. The van der Waals surface area contributed by atoms with E-state index in [2.05, 4.69) is 30.1 Å². The number of nitrogens with one attached hydrogen (secondary N) is 3. The van der Waals surface area contributed by atoms with Crippen LogP contribution in [0.25, 0.3) is 22.4 Å². The fraction of sp³-hybridized carbons (Fsp3) is 0.0645. The van der Waals surface area contributed by atoms with Crippen LogP contribution in [0.3, 0.4) is 0 Å². The number of amides is 2. The van der Waals surface area contributed by atoms with Crippen molar-refractivity contribution < 1.29 is 38.5 Å². The number of carbonyl (C=O) groups excluding carboxylic acids is 4. The lowest BCUT2D eigenvalue weighted by atomic mass is 10.1. The van der Waals surface area contributed by atoms with Crippen LogP contribution in [-0.2, 0) is 9.47 Å². The number of nitrogens with zero attached hydrogens (tertiary/aromatic N) is 3. The fourth-order valence-electron chi connectivity index (χ4n) is 4.51. The van der Waals surface area contributed by atoms with Crippen LogP contribution in [0.2, 0.25) is 0 Å². The lowest BCUT2D eigenvalue weighted by Gasteiger charge is -2.07. The Kier molecular flexibility index (Phi) is 8.66. The molecule has 16 heteroatoms. The molecular formula is C31H22N6O10. The van der Waals surface area contributed by atoms with Gasteiger partial charge in [0.25, 0.3) is 23.2 Å². The lowest BCUT2D eigenvalue weighted by Crippen LogP contribution is -2.14. The van der Waals surface area contributed by atoms with Gasteiger partial charge in [-0.05, 0) is 54.6 Å². The molecule has 0 spiro atoms. The number of nitro groups is 2. The van der Waals surface area contributed by atoms with Crippen molar-refractivity contribution in [3.8, 4) is 11.4 Å². The smallest absolute Gasteiger partial charge is 0.338 e. The highest BCUT2D eigenvalue weighted by molar-refractivity contribution is 6.07. The number of ether oxygens (including phenoxy) is 2. The van der Waals surface area contributed by atoms with Gasteiger partial charge in [-0.3, -0.25) is 29.8 Å². The summed E-state index contributed by atoms with van der Waals surface area (Å²) in [5.74, 6) is -2.58. The van der Waals surface area contributed by atoms with Gasteiger partial charge in [-0.25, -0.2) is 14.6 Å². The highest BCUT2D eigenvalue weighted by Crippen LogP contribution is 2.26. The van der Waals surface area contributed by atoms with Crippen LogP contribution in [0.4, 0.5) is 22.7 Å². The highest BCUT2D eigenvalue weighted by Gasteiger charge is 2.20. The number of imidazole rings is 1. The van der Waals surface area contributed by atoms with Crippen molar-refractivity contribution in [3.05, 3.63) is 121 Å². The number of non-ortho nitro benzene ring substituents is 2. The Balaban J connectivity index is 1.32. The normalized spacial score (nSPS) is 10.6. The summed E-state index contributed by atoms with van der Waals surface area (Å²) in [6.07, 6.45) is 0. The van der Waals surface area contributed by atoms with Gasteiger partial charge in [0.2, 0.25) is 0 Å². The Labute approximate surface area is 263 Å². The molecular weight excluding hydrogens is 616 g/mol. The van der Waals surface area contributed by atoms with Crippen LogP contribution in [0.5, 0.6) is 0 Å². The monoisotopic (exact) mass is 638 g/mol. The standard InChI is InChI=1S/C31H22N6O10/c1-46-30(40)19-9-17(11-23(13-19)36(42)43)28(38)32-21-5-3-16(4-6-21)27-34-25-8-7-22(15-26(25)35-27)33-29(39)18-10-20(31(41)47-2)14-24(12-18)37(44)45/h3-15H,1-2H3,(H,32,38)(H,33,39)(H,34,35). The molecule has 1 heterocycles. The third-order valence-electron chi connectivity index (χ3n) is 6.78. The van der Waals surface area contributed by atoms with Crippen molar-refractivity contribution >= 4 is 57.5 Å². The largest absolute Gasteiger partial charge is 0.465 e. The number of hydrogen-bond donors (Lipinski definition) is 3. The number of methoxy groups -OCH3 is 2. The van der Waals surface area contributed by atoms with Gasteiger partial charge < -0.3 is 25.1 Å². The first-order valence-electron chi connectivity index (χ1n) is 13.4. The molecule has 5 rings (SSSR count). The highest BCUT2D eigenvalue weighted by atomic mass is 16.6. The Hall–Kier alpha value is -6.97. The maximum atomic E-state index is 12.9. The average Bonchev–Trinajstić information content (AvgIpc) is 3.50. The average molecular weight is 639 g/mol.